The number of methoxy groups -OCH3 is 1. The van der Waals surface area contributed by atoms with E-state index in [1.807, 2.05) is 0 Å². The van der Waals surface area contributed by atoms with Crippen LogP contribution in [0.15, 0.2) is 0 Å². The van der Waals surface area contributed by atoms with Crippen molar-refractivity contribution in [2.75, 3.05) is 7.11 Å². The van der Waals surface area contributed by atoms with Crippen LogP contribution in [0, 0.1) is 51.6 Å². The van der Waals surface area contributed by atoms with Gasteiger partial charge in [0.05, 0.1) is 13.0 Å². The third-order valence-electron chi connectivity index (χ3n) is 1.08. The minimum atomic E-state index is -0.278. The van der Waals surface area contributed by atoms with Crippen molar-refractivity contribution in [2.45, 2.75) is 0 Å². The minimum absolute atomic E-state index is 0. The molecule has 11 heteroatoms. The molecule has 119 valence electrons. The van der Waals surface area contributed by atoms with Gasteiger partial charge in [0.2, 0.25) is 0 Å². The number of esters is 1. The van der Waals surface area contributed by atoms with Crippen molar-refractivity contribution in [3.63, 3.8) is 0 Å². The monoisotopic (exact) mass is 459 g/mol. The third-order valence-corrected chi connectivity index (χ3v) is 1.08. The van der Waals surface area contributed by atoms with Crippen LogP contribution in [0.25, 0.3) is 0 Å². The summed E-state index contributed by atoms with van der Waals surface area (Å²) in [5, 5.41) is 0. The number of rotatable bonds is 1. The van der Waals surface area contributed by atoms with Crippen LogP contribution < -0.4 is 49.6 Å². The zero-order valence-electron chi connectivity index (χ0n) is 10.1. The van der Waals surface area contributed by atoms with Crippen molar-refractivity contribution < 1.29 is 107 Å². The predicted octanol–water partition coefficient (Wildman–Crippen LogP) is -11.5. The molecule has 0 aromatic carbocycles. The topological polar surface area (TPSA) is 86.0 Å². The molecule has 0 heterocycles. The van der Waals surface area contributed by atoms with Crippen LogP contribution in [0.5, 0.6) is 0 Å². The van der Waals surface area contributed by atoms with Gasteiger partial charge < -0.3 is 54.4 Å². The Balaban J connectivity index is -0.0000000156. The van der Waals surface area contributed by atoms with Gasteiger partial charge in [-0.15, -0.1) is 0 Å². The van der Waals surface area contributed by atoms with Gasteiger partial charge in [-0.3, -0.25) is 4.79 Å². The Labute approximate surface area is 171 Å². The average molecular weight is 461 g/mol. The van der Waals surface area contributed by atoms with Crippen LogP contribution in [-0.4, -0.2) is 13.1 Å². The number of ether oxygens (including phenoxy) is 1. The molecule has 0 unspecified atom stereocenters. The molecule has 21 heavy (non-hydrogen) atoms. The van der Waals surface area contributed by atoms with E-state index < -0.39 is 0 Å². The van der Waals surface area contributed by atoms with Gasteiger partial charge in [0.25, 0.3) is 0 Å². The molecule has 7 radical (unpaired) electrons. The van der Waals surface area contributed by atoms with E-state index in [1.165, 1.54) is 7.11 Å². The quantitative estimate of drug-likeness (QED) is 0.168. The summed E-state index contributed by atoms with van der Waals surface area (Å²) in [6.07, 6.45) is 7.02. The van der Waals surface area contributed by atoms with Gasteiger partial charge in [0.15, 0.2) is 0 Å². The Morgan fingerprint density at radius 2 is 1.10 bits per heavy atom. The van der Waals surface area contributed by atoms with Crippen molar-refractivity contribution in [3.8, 4) is 0 Å². The summed E-state index contributed by atoms with van der Waals surface area (Å²) in [6.45, 7) is 13.5. The molecule has 1 saturated carbocycles. The number of carbonyl (C=O) groups excluding carboxylic acids is 1. The molecular formula is C10H7Cl4Fe2O5+2. The van der Waals surface area contributed by atoms with Crippen molar-refractivity contribution in [2.24, 2.45) is 0 Å². The van der Waals surface area contributed by atoms with Crippen LogP contribution in [0.3, 0.4) is 0 Å². The summed E-state index contributed by atoms with van der Waals surface area (Å²) in [5.41, 5.74) is 0. The SMILES string of the molecule is COC(=O)[C]1[CH][CH][CH][CH]1.[C-]#[O+].[C-]#[O+].[C-]#[O+].[Cl-].[Cl-].[Cl-].[Cl-].[Fe+3].[Fe+3]. The molecule has 0 N–H and O–H groups in total. The second-order valence-electron chi connectivity index (χ2n) is 1.67. The van der Waals surface area contributed by atoms with E-state index in [1.54, 1.807) is 25.7 Å². The maximum atomic E-state index is 10.7. The molecular weight excluding hydrogens is 454 g/mol. The molecule has 0 aromatic rings. The summed E-state index contributed by atoms with van der Waals surface area (Å²) < 4.78 is 27.0. The molecule has 0 saturated heterocycles. The molecule has 1 fully saturated rings. The Bertz CT molecular complexity index is 207. The van der Waals surface area contributed by atoms with Crippen LogP contribution >= 0.6 is 0 Å². The van der Waals surface area contributed by atoms with Gasteiger partial charge in [0, 0.05) is 0 Å². The largest absolute Gasteiger partial charge is 3.00 e. The molecule has 5 nitrogen and oxygen atoms in total. The van der Waals surface area contributed by atoms with Crippen LogP contribution in [0.4, 0.5) is 0 Å². The van der Waals surface area contributed by atoms with Gasteiger partial charge in [-0.2, -0.15) is 0 Å². The van der Waals surface area contributed by atoms with Crippen molar-refractivity contribution in [1.29, 1.82) is 0 Å². The maximum absolute atomic E-state index is 10.7. The van der Waals surface area contributed by atoms with E-state index in [9.17, 15) is 4.79 Å². The fourth-order valence-electron chi connectivity index (χ4n) is 0.628. The predicted molar refractivity (Wildman–Crippen MR) is 44.2 cm³/mol. The third kappa shape index (κ3) is 38.6. The normalized spacial score (nSPS) is 8.90. The summed E-state index contributed by atoms with van der Waals surface area (Å²) >= 11 is 0. The van der Waals surface area contributed by atoms with Crippen LogP contribution in [-0.2, 0) is 57.6 Å². The summed E-state index contributed by atoms with van der Waals surface area (Å²) in [4.78, 5) is 10.7. The summed E-state index contributed by atoms with van der Waals surface area (Å²) in [7, 11) is 1.37. The van der Waals surface area contributed by atoms with E-state index in [0.717, 1.165) is 0 Å². The second kappa shape index (κ2) is 58.5. The summed E-state index contributed by atoms with van der Waals surface area (Å²) in [6, 6.07) is 0. The van der Waals surface area contributed by atoms with Crippen molar-refractivity contribution in [1.82, 2.24) is 0 Å². The molecule has 1 aliphatic rings. The first-order chi connectivity index (χ1) is 7.34. The van der Waals surface area contributed by atoms with Crippen LogP contribution in [0.1, 0.15) is 0 Å². The van der Waals surface area contributed by atoms with Gasteiger partial charge in [0.1, 0.15) is 0 Å². The average Bonchev–Trinajstić information content (AvgIpc) is 2.89. The first kappa shape index (κ1) is 57.5. The fraction of sp³-hybridized carbons (Fsp3) is 0.100. The first-order valence-corrected chi connectivity index (χ1v) is 3.26. The standard InChI is InChI=1S/C7H7O2.3CO.4ClH.2Fe/c1-9-7(8)6-4-2-3-5-6;3*1-2;;;;;;/h2-5H,1H3;;;;4*1H;;/q;;;;;;;;2*+3/p-4. The van der Waals surface area contributed by atoms with Crippen molar-refractivity contribution in [3.05, 3.63) is 51.6 Å². The zero-order valence-corrected chi connectivity index (χ0v) is 15.3. The molecule has 0 amide bonds. The van der Waals surface area contributed by atoms with Gasteiger partial charge >= 0.3 is 74.0 Å². The summed E-state index contributed by atoms with van der Waals surface area (Å²) in [5.74, 6) is 0.331. The van der Waals surface area contributed by atoms with Gasteiger partial charge in [-0.05, 0) is 25.7 Å². The molecule has 0 aliphatic heterocycles. The van der Waals surface area contributed by atoms with Crippen molar-refractivity contribution >= 4 is 5.97 Å². The Morgan fingerprint density at radius 3 is 1.29 bits per heavy atom. The number of hydrogen-bond donors (Lipinski definition) is 0. The number of halogens is 4. The fourth-order valence-corrected chi connectivity index (χ4v) is 0.628. The first-order valence-electron chi connectivity index (χ1n) is 3.26. The molecule has 0 atom stereocenters. The molecule has 0 spiro atoms. The van der Waals surface area contributed by atoms with E-state index in [4.69, 9.17) is 14.0 Å². The molecule has 0 aromatic heterocycles. The second-order valence-corrected chi connectivity index (χ2v) is 1.67. The van der Waals surface area contributed by atoms with E-state index in [-0.39, 0.29) is 89.7 Å². The molecule has 1 rings (SSSR count). The Kier molecular flexibility index (Phi) is 160. The zero-order chi connectivity index (χ0) is 12.7. The van der Waals surface area contributed by atoms with Gasteiger partial charge in [-0.25, -0.2) is 0 Å². The Morgan fingerprint density at radius 1 is 0.857 bits per heavy atom. The number of carbonyl (C=O) groups is 1. The van der Waals surface area contributed by atoms with E-state index in [2.05, 4.69) is 24.7 Å². The van der Waals surface area contributed by atoms with Crippen LogP contribution in [0.2, 0.25) is 0 Å². The minimum Gasteiger partial charge on any atom is -1.00 e. The van der Waals surface area contributed by atoms with Gasteiger partial charge in [-0.1, -0.05) is 0 Å². The Hall–Kier alpha value is 0.889. The molecule has 0 bridgehead atoms. The maximum Gasteiger partial charge on any atom is 3.00 e. The number of hydrogen-bond acceptors (Lipinski definition) is 2. The van der Waals surface area contributed by atoms with E-state index >= 15 is 0 Å². The smallest absolute Gasteiger partial charge is 1.00 e. The van der Waals surface area contributed by atoms with E-state index in [0.29, 0.717) is 5.92 Å². The molecule has 1 aliphatic carbocycles.